The van der Waals surface area contributed by atoms with E-state index in [1.165, 1.54) is 0 Å². The van der Waals surface area contributed by atoms with E-state index < -0.39 is 5.97 Å². The molecule has 0 heterocycles. The highest BCUT2D eigenvalue weighted by Crippen LogP contribution is 2.27. The van der Waals surface area contributed by atoms with Crippen LogP contribution in [0, 0.1) is 13.8 Å². The van der Waals surface area contributed by atoms with Gasteiger partial charge >= 0.3 is 5.97 Å². The molecule has 0 saturated carbocycles. The summed E-state index contributed by atoms with van der Waals surface area (Å²) in [5, 5.41) is 2.71. The minimum absolute atomic E-state index is 0.247. The van der Waals surface area contributed by atoms with Gasteiger partial charge in [-0.25, -0.2) is 4.79 Å². The average molecular weight is 401 g/mol. The molecule has 156 valence electrons. The highest BCUT2D eigenvalue weighted by molar-refractivity contribution is 5.80. The van der Waals surface area contributed by atoms with Crippen molar-refractivity contribution in [2.45, 2.75) is 20.3 Å². The third-order valence-corrected chi connectivity index (χ3v) is 4.24. The Bertz CT molecular complexity index is 849. The SMILES string of the molecule is COc1ccc(CCNC(=O)COC(=O)COc2cc(C)ccc2C)cc1OC. The van der Waals surface area contributed by atoms with Crippen LogP contribution in [0.25, 0.3) is 0 Å². The Morgan fingerprint density at radius 3 is 2.38 bits per heavy atom. The van der Waals surface area contributed by atoms with E-state index in [9.17, 15) is 9.59 Å². The number of hydrogen-bond acceptors (Lipinski definition) is 6. The molecule has 0 fully saturated rings. The van der Waals surface area contributed by atoms with Gasteiger partial charge in [0.05, 0.1) is 14.2 Å². The van der Waals surface area contributed by atoms with Crippen molar-refractivity contribution in [3.8, 4) is 17.2 Å². The highest BCUT2D eigenvalue weighted by Gasteiger charge is 2.10. The summed E-state index contributed by atoms with van der Waals surface area (Å²) in [5.74, 6) is 0.942. The van der Waals surface area contributed by atoms with Crippen LogP contribution in [0.15, 0.2) is 36.4 Å². The molecule has 0 unspecified atom stereocenters. The van der Waals surface area contributed by atoms with Crippen LogP contribution in [0.4, 0.5) is 0 Å². The number of carbonyl (C=O) groups excluding carboxylic acids is 2. The minimum atomic E-state index is -0.596. The summed E-state index contributed by atoms with van der Waals surface area (Å²) in [6.07, 6.45) is 0.607. The van der Waals surface area contributed by atoms with Crippen LogP contribution >= 0.6 is 0 Å². The monoisotopic (exact) mass is 401 g/mol. The molecule has 2 rings (SSSR count). The van der Waals surface area contributed by atoms with E-state index in [4.69, 9.17) is 18.9 Å². The van der Waals surface area contributed by atoms with Crippen molar-refractivity contribution < 1.29 is 28.5 Å². The van der Waals surface area contributed by atoms with E-state index in [1.807, 2.05) is 50.2 Å². The van der Waals surface area contributed by atoms with Gasteiger partial charge in [-0.3, -0.25) is 4.79 Å². The van der Waals surface area contributed by atoms with Gasteiger partial charge in [0.15, 0.2) is 24.7 Å². The van der Waals surface area contributed by atoms with E-state index in [0.29, 0.717) is 30.2 Å². The standard InChI is InChI=1S/C22H27NO6/c1-15-5-6-16(2)19(11-15)28-14-22(25)29-13-21(24)23-10-9-17-7-8-18(26-3)20(12-17)27-4/h5-8,11-12H,9-10,13-14H2,1-4H3,(H,23,24). The van der Waals surface area contributed by atoms with Gasteiger partial charge in [0.2, 0.25) is 0 Å². The fourth-order valence-corrected chi connectivity index (χ4v) is 2.62. The number of rotatable bonds is 10. The molecule has 2 aromatic rings. The van der Waals surface area contributed by atoms with Gasteiger partial charge in [0, 0.05) is 6.54 Å². The molecule has 29 heavy (non-hydrogen) atoms. The molecule has 0 saturated heterocycles. The Balaban J connectivity index is 1.69. The van der Waals surface area contributed by atoms with E-state index in [-0.39, 0.29) is 19.1 Å². The van der Waals surface area contributed by atoms with Gasteiger partial charge in [-0.1, -0.05) is 18.2 Å². The molecule has 2 aromatic carbocycles. The number of amides is 1. The van der Waals surface area contributed by atoms with E-state index >= 15 is 0 Å². The molecule has 1 amide bonds. The van der Waals surface area contributed by atoms with Crippen LogP contribution in [0.2, 0.25) is 0 Å². The average Bonchev–Trinajstić information content (AvgIpc) is 2.72. The van der Waals surface area contributed by atoms with Crippen molar-refractivity contribution in [3.63, 3.8) is 0 Å². The van der Waals surface area contributed by atoms with Crippen LogP contribution in [-0.4, -0.2) is 45.9 Å². The maximum Gasteiger partial charge on any atom is 0.344 e. The summed E-state index contributed by atoms with van der Waals surface area (Å²) in [5.41, 5.74) is 2.95. The summed E-state index contributed by atoms with van der Waals surface area (Å²) >= 11 is 0. The fraction of sp³-hybridized carbons (Fsp3) is 0.364. The Hall–Kier alpha value is -3.22. The molecular formula is C22H27NO6. The molecule has 7 nitrogen and oxygen atoms in total. The van der Waals surface area contributed by atoms with Gasteiger partial charge in [-0.2, -0.15) is 0 Å². The lowest BCUT2D eigenvalue weighted by molar-refractivity contribution is -0.150. The Morgan fingerprint density at radius 1 is 0.897 bits per heavy atom. The molecule has 0 aliphatic heterocycles. The van der Waals surface area contributed by atoms with Crippen molar-refractivity contribution in [1.82, 2.24) is 5.32 Å². The minimum Gasteiger partial charge on any atom is -0.493 e. The van der Waals surface area contributed by atoms with Gasteiger partial charge in [-0.05, 0) is 55.2 Å². The Kier molecular flexibility index (Phi) is 8.33. The van der Waals surface area contributed by atoms with Crippen molar-refractivity contribution in [1.29, 1.82) is 0 Å². The first kappa shape index (κ1) is 22.1. The molecule has 0 radical (unpaired) electrons. The zero-order chi connectivity index (χ0) is 21.2. The first-order valence-corrected chi connectivity index (χ1v) is 9.26. The largest absolute Gasteiger partial charge is 0.493 e. The first-order chi connectivity index (χ1) is 13.9. The normalized spacial score (nSPS) is 10.2. The zero-order valence-electron chi connectivity index (χ0n) is 17.2. The zero-order valence-corrected chi connectivity index (χ0v) is 17.2. The number of aryl methyl sites for hydroxylation is 2. The number of nitrogens with one attached hydrogen (secondary N) is 1. The summed E-state index contributed by atoms with van der Waals surface area (Å²) in [4.78, 5) is 23.7. The number of carbonyl (C=O) groups is 2. The fourth-order valence-electron chi connectivity index (χ4n) is 2.62. The molecular weight excluding hydrogens is 374 g/mol. The summed E-state index contributed by atoms with van der Waals surface area (Å²) in [6.45, 7) is 3.65. The van der Waals surface area contributed by atoms with Gasteiger partial charge in [0.1, 0.15) is 5.75 Å². The summed E-state index contributed by atoms with van der Waals surface area (Å²) < 4.78 is 20.9. The second-order valence-electron chi connectivity index (χ2n) is 6.51. The predicted octanol–water partition coefficient (Wildman–Crippen LogP) is 2.60. The van der Waals surface area contributed by atoms with Crippen LogP contribution in [0.5, 0.6) is 17.2 Å². The number of benzene rings is 2. The van der Waals surface area contributed by atoms with Gasteiger partial charge in [0.25, 0.3) is 5.91 Å². The molecule has 0 spiro atoms. The van der Waals surface area contributed by atoms with Crippen LogP contribution in [0.1, 0.15) is 16.7 Å². The van der Waals surface area contributed by atoms with Gasteiger partial charge < -0.3 is 24.3 Å². The van der Waals surface area contributed by atoms with E-state index in [0.717, 1.165) is 16.7 Å². The molecule has 0 aromatic heterocycles. The van der Waals surface area contributed by atoms with Crippen molar-refractivity contribution in [2.24, 2.45) is 0 Å². The van der Waals surface area contributed by atoms with E-state index in [1.54, 1.807) is 14.2 Å². The maximum atomic E-state index is 11.9. The second-order valence-corrected chi connectivity index (χ2v) is 6.51. The summed E-state index contributed by atoms with van der Waals surface area (Å²) in [6, 6.07) is 11.3. The van der Waals surface area contributed by atoms with Crippen LogP contribution in [0.3, 0.4) is 0 Å². The van der Waals surface area contributed by atoms with Gasteiger partial charge in [-0.15, -0.1) is 0 Å². The molecule has 0 bridgehead atoms. The Morgan fingerprint density at radius 2 is 1.66 bits per heavy atom. The lowest BCUT2D eigenvalue weighted by Gasteiger charge is -2.11. The topological polar surface area (TPSA) is 83.1 Å². The van der Waals surface area contributed by atoms with Crippen LogP contribution < -0.4 is 19.5 Å². The number of hydrogen-bond donors (Lipinski definition) is 1. The van der Waals surface area contributed by atoms with Crippen molar-refractivity contribution in [2.75, 3.05) is 34.0 Å². The van der Waals surface area contributed by atoms with Crippen LogP contribution in [-0.2, 0) is 20.7 Å². The number of methoxy groups -OCH3 is 2. The predicted molar refractivity (Wildman–Crippen MR) is 109 cm³/mol. The van der Waals surface area contributed by atoms with Crippen molar-refractivity contribution >= 4 is 11.9 Å². The maximum absolute atomic E-state index is 11.9. The second kappa shape index (κ2) is 10.9. The van der Waals surface area contributed by atoms with Crippen molar-refractivity contribution in [3.05, 3.63) is 53.1 Å². The molecule has 1 N–H and O–H groups in total. The molecule has 0 aliphatic carbocycles. The molecule has 7 heteroatoms. The molecule has 0 aliphatic rings. The highest BCUT2D eigenvalue weighted by atomic mass is 16.6. The molecule has 0 atom stereocenters. The Labute approximate surface area is 170 Å². The quantitative estimate of drug-likeness (QED) is 0.616. The lowest BCUT2D eigenvalue weighted by atomic mass is 10.1. The number of ether oxygens (including phenoxy) is 4. The smallest absolute Gasteiger partial charge is 0.344 e. The third-order valence-electron chi connectivity index (χ3n) is 4.24. The van der Waals surface area contributed by atoms with E-state index in [2.05, 4.69) is 5.32 Å². The number of esters is 1. The third kappa shape index (κ3) is 7.03. The summed E-state index contributed by atoms with van der Waals surface area (Å²) in [7, 11) is 3.15. The first-order valence-electron chi connectivity index (χ1n) is 9.26. The lowest BCUT2D eigenvalue weighted by Crippen LogP contribution is -2.31.